The second-order valence-electron chi connectivity index (χ2n) is 10.0. The number of benzene rings is 2. The van der Waals surface area contributed by atoms with Gasteiger partial charge in [-0.15, -0.1) is 0 Å². The molecule has 0 radical (unpaired) electrons. The van der Waals surface area contributed by atoms with Crippen LogP contribution in [0.5, 0.6) is 0 Å². The van der Waals surface area contributed by atoms with Crippen LogP contribution in [0.3, 0.4) is 0 Å². The van der Waals surface area contributed by atoms with E-state index in [4.69, 9.17) is 9.47 Å². The number of alkyl carbamates (subject to hydrolysis) is 1. The second-order valence-corrected chi connectivity index (χ2v) is 10.0. The van der Waals surface area contributed by atoms with Gasteiger partial charge < -0.3 is 25.2 Å². The first-order chi connectivity index (χ1) is 16.7. The Morgan fingerprint density at radius 1 is 1.09 bits per heavy atom. The summed E-state index contributed by atoms with van der Waals surface area (Å²) in [7, 11) is 0. The minimum Gasteiger partial charge on any atom is -0.481 e. The molecular formula is C27H32N2O6. The molecule has 4 rings (SSSR count). The number of amides is 2. The van der Waals surface area contributed by atoms with Crippen molar-refractivity contribution in [3.8, 4) is 11.1 Å². The molecule has 0 bridgehead atoms. The standard InChI is InChI=1S/C27H32N2O6/c1-27(2)14-17(35-16-27)11-12-28-25(32)23(13-24(30)31)29-26(33)34-15-22-20-9-5-3-7-18(20)19-8-4-6-10-21(19)22/h3-10,17,22-23H,11-16H2,1-2H3,(H,28,32)(H,29,33)(H,30,31). The van der Waals surface area contributed by atoms with Crippen molar-refractivity contribution in [1.82, 2.24) is 10.6 Å². The lowest BCUT2D eigenvalue weighted by Gasteiger charge is -2.19. The molecular weight excluding hydrogens is 448 g/mol. The van der Waals surface area contributed by atoms with Gasteiger partial charge in [-0.25, -0.2) is 4.79 Å². The zero-order chi connectivity index (χ0) is 25.0. The lowest BCUT2D eigenvalue weighted by Crippen LogP contribution is -2.48. The zero-order valence-corrected chi connectivity index (χ0v) is 20.1. The Balaban J connectivity index is 1.32. The Labute approximate surface area is 205 Å². The molecule has 186 valence electrons. The maximum atomic E-state index is 12.6. The number of hydrogen-bond donors (Lipinski definition) is 3. The summed E-state index contributed by atoms with van der Waals surface area (Å²) in [4.78, 5) is 36.5. The Morgan fingerprint density at radius 3 is 2.29 bits per heavy atom. The van der Waals surface area contributed by atoms with Gasteiger partial charge >= 0.3 is 12.1 Å². The summed E-state index contributed by atoms with van der Waals surface area (Å²) in [6.45, 7) is 5.36. The van der Waals surface area contributed by atoms with Crippen LogP contribution in [0.1, 0.15) is 50.2 Å². The summed E-state index contributed by atoms with van der Waals surface area (Å²) in [5, 5.41) is 14.4. The van der Waals surface area contributed by atoms with Crippen LogP contribution in [0.4, 0.5) is 4.79 Å². The third kappa shape index (κ3) is 6.00. The van der Waals surface area contributed by atoms with Gasteiger partial charge in [-0.05, 0) is 40.5 Å². The highest BCUT2D eigenvalue weighted by molar-refractivity contribution is 5.89. The number of hydrogen-bond acceptors (Lipinski definition) is 5. The lowest BCUT2D eigenvalue weighted by atomic mass is 9.90. The van der Waals surface area contributed by atoms with Crippen molar-refractivity contribution in [2.45, 2.75) is 51.2 Å². The van der Waals surface area contributed by atoms with E-state index >= 15 is 0 Å². The van der Waals surface area contributed by atoms with Crippen LogP contribution in [-0.4, -0.2) is 55.0 Å². The van der Waals surface area contributed by atoms with Gasteiger partial charge in [0.05, 0.1) is 19.1 Å². The minimum atomic E-state index is -1.23. The van der Waals surface area contributed by atoms with Gasteiger partial charge in [0, 0.05) is 12.5 Å². The summed E-state index contributed by atoms with van der Waals surface area (Å²) in [6.07, 6.45) is 0.218. The van der Waals surface area contributed by atoms with Crippen molar-refractivity contribution in [3.05, 3.63) is 59.7 Å². The molecule has 35 heavy (non-hydrogen) atoms. The molecule has 0 aromatic heterocycles. The van der Waals surface area contributed by atoms with Crippen molar-refractivity contribution in [3.63, 3.8) is 0 Å². The quantitative estimate of drug-likeness (QED) is 0.504. The molecule has 3 N–H and O–H groups in total. The monoisotopic (exact) mass is 480 g/mol. The summed E-state index contributed by atoms with van der Waals surface area (Å²) < 4.78 is 11.2. The number of ether oxygens (including phenoxy) is 2. The van der Waals surface area contributed by atoms with Crippen LogP contribution in [-0.2, 0) is 19.1 Å². The van der Waals surface area contributed by atoms with Gasteiger partial charge in [-0.1, -0.05) is 62.4 Å². The summed E-state index contributed by atoms with van der Waals surface area (Å²) in [5.74, 6) is -1.88. The van der Waals surface area contributed by atoms with Gasteiger partial charge in [0.15, 0.2) is 0 Å². The highest BCUT2D eigenvalue weighted by atomic mass is 16.5. The third-order valence-corrected chi connectivity index (χ3v) is 6.59. The third-order valence-electron chi connectivity index (χ3n) is 6.59. The van der Waals surface area contributed by atoms with Crippen molar-refractivity contribution in [2.75, 3.05) is 19.8 Å². The van der Waals surface area contributed by atoms with Gasteiger partial charge in [-0.3, -0.25) is 9.59 Å². The second kappa shape index (κ2) is 10.5. The first-order valence-electron chi connectivity index (χ1n) is 12.0. The van der Waals surface area contributed by atoms with Crippen molar-refractivity contribution in [1.29, 1.82) is 0 Å². The number of rotatable bonds is 9. The van der Waals surface area contributed by atoms with E-state index in [2.05, 4.69) is 24.5 Å². The van der Waals surface area contributed by atoms with E-state index in [0.717, 1.165) is 28.7 Å². The molecule has 0 spiro atoms. The smallest absolute Gasteiger partial charge is 0.407 e. The molecule has 2 aromatic rings. The maximum absolute atomic E-state index is 12.6. The topological polar surface area (TPSA) is 114 Å². The van der Waals surface area contributed by atoms with Gasteiger partial charge in [0.25, 0.3) is 0 Å². The molecule has 2 atom stereocenters. The number of carboxylic acid groups (broad SMARTS) is 1. The molecule has 2 aliphatic rings. The predicted octanol–water partition coefficient (Wildman–Crippen LogP) is 3.69. The van der Waals surface area contributed by atoms with Crippen molar-refractivity contribution in [2.24, 2.45) is 5.41 Å². The first-order valence-corrected chi connectivity index (χ1v) is 12.0. The van der Waals surface area contributed by atoms with E-state index < -0.39 is 30.4 Å². The molecule has 1 aliphatic carbocycles. The molecule has 2 unspecified atom stereocenters. The van der Waals surface area contributed by atoms with E-state index in [-0.39, 0.29) is 24.0 Å². The SMILES string of the molecule is CC1(C)COC(CCNC(=O)C(CC(=O)O)NC(=O)OCC2c3ccccc3-c3ccccc32)C1. The fraction of sp³-hybridized carbons (Fsp3) is 0.444. The van der Waals surface area contributed by atoms with Crippen LogP contribution < -0.4 is 10.6 Å². The summed E-state index contributed by atoms with van der Waals surface area (Å²) in [6, 6.07) is 14.7. The fourth-order valence-electron chi connectivity index (χ4n) is 4.91. The van der Waals surface area contributed by atoms with Crippen LogP contribution >= 0.6 is 0 Å². The van der Waals surface area contributed by atoms with Crippen LogP contribution in [0.2, 0.25) is 0 Å². The molecule has 8 nitrogen and oxygen atoms in total. The van der Waals surface area contributed by atoms with Crippen LogP contribution in [0.15, 0.2) is 48.5 Å². The lowest BCUT2D eigenvalue weighted by molar-refractivity contribution is -0.139. The largest absolute Gasteiger partial charge is 0.481 e. The van der Waals surface area contributed by atoms with E-state index in [0.29, 0.717) is 19.6 Å². The Kier molecular flexibility index (Phi) is 7.40. The van der Waals surface area contributed by atoms with E-state index in [9.17, 15) is 19.5 Å². The first kappa shape index (κ1) is 24.7. The van der Waals surface area contributed by atoms with Gasteiger partial charge in [-0.2, -0.15) is 0 Å². The molecule has 1 heterocycles. The number of carboxylic acids is 1. The van der Waals surface area contributed by atoms with E-state index in [1.54, 1.807) is 0 Å². The molecule has 2 amide bonds. The summed E-state index contributed by atoms with van der Waals surface area (Å²) >= 11 is 0. The van der Waals surface area contributed by atoms with Gasteiger partial charge in [0.1, 0.15) is 12.6 Å². The number of fused-ring (bicyclic) bond motifs is 3. The highest BCUT2D eigenvalue weighted by Crippen LogP contribution is 2.44. The zero-order valence-electron chi connectivity index (χ0n) is 20.1. The summed E-state index contributed by atoms with van der Waals surface area (Å²) in [5.41, 5.74) is 4.47. The minimum absolute atomic E-state index is 0.0540. The average Bonchev–Trinajstić information content (AvgIpc) is 3.33. The molecule has 2 aromatic carbocycles. The number of carbonyl (C=O) groups is 3. The highest BCUT2D eigenvalue weighted by Gasteiger charge is 2.32. The number of aliphatic carboxylic acids is 1. The molecule has 1 saturated heterocycles. The normalized spacial score (nSPS) is 18.9. The van der Waals surface area contributed by atoms with Crippen molar-refractivity contribution < 1.29 is 29.0 Å². The fourth-order valence-corrected chi connectivity index (χ4v) is 4.91. The van der Waals surface area contributed by atoms with Crippen LogP contribution in [0, 0.1) is 5.41 Å². The Bertz CT molecular complexity index is 1050. The number of nitrogens with one attached hydrogen (secondary N) is 2. The van der Waals surface area contributed by atoms with Gasteiger partial charge in [0.2, 0.25) is 5.91 Å². The molecule has 0 saturated carbocycles. The molecule has 1 aliphatic heterocycles. The predicted molar refractivity (Wildman–Crippen MR) is 130 cm³/mol. The molecule has 1 fully saturated rings. The average molecular weight is 481 g/mol. The Morgan fingerprint density at radius 2 is 1.71 bits per heavy atom. The van der Waals surface area contributed by atoms with E-state index in [1.165, 1.54) is 0 Å². The van der Waals surface area contributed by atoms with Crippen molar-refractivity contribution >= 4 is 18.0 Å². The molecule has 8 heteroatoms. The van der Waals surface area contributed by atoms with E-state index in [1.807, 2.05) is 48.5 Å². The van der Waals surface area contributed by atoms with Crippen LogP contribution in [0.25, 0.3) is 11.1 Å². The maximum Gasteiger partial charge on any atom is 0.407 e. The Hall–Kier alpha value is -3.39. The number of carbonyl (C=O) groups excluding carboxylic acids is 2.